The molecule has 10 heavy (non-hydrogen) atoms. The largest absolute Gasteiger partial charge is 0.359 e. The fourth-order valence-corrected chi connectivity index (χ4v) is 1.31. The molecule has 1 aliphatic rings. The van der Waals surface area contributed by atoms with Gasteiger partial charge in [-0.25, -0.2) is 8.42 Å². The van der Waals surface area contributed by atoms with Gasteiger partial charge in [-0.2, -0.15) is 0 Å². The van der Waals surface area contributed by atoms with E-state index in [4.69, 9.17) is 0 Å². The van der Waals surface area contributed by atoms with E-state index in [1.54, 1.807) is 0 Å². The normalized spacial score (nSPS) is 17.1. The van der Waals surface area contributed by atoms with Gasteiger partial charge < -0.3 is 5.32 Å². The van der Waals surface area contributed by atoms with Crippen LogP contribution in [0.5, 0.6) is 0 Å². The van der Waals surface area contributed by atoms with Gasteiger partial charge in [-0.05, 0) is 0 Å². The minimum Gasteiger partial charge on any atom is -0.359 e. The molecule has 0 aromatic carbocycles. The summed E-state index contributed by atoms with van der Waals surface area (Å²) in [7, 11) is -3.06. The molecule has 1 heterocycles. The van der Waals surface area contributed by atoms with Crippen molar-refractivity contribution in [2.24, 2.45) is 4.99 Å². The van der Waals surface area contributed by atoms with Crippen LogP contribution in [0.15, 0.2) is 4.99 Å². The molecule has 1 rings (SSSR count). The maximum atomic E-state index is 10.6. The summed E-state index contributed by atoms with van der Waals surface area (Å²) in [4.78, 5) is 3.72. The maximum Gasteiger partial charge on any atom is 0.216 e. The van der Waals surface area contributed by atoms with E-state index in [1.165, 1.54) is 0 Å². The van der Waals surface area contributed by atoms with Gasteiger partial charge in [-0.3, -0.25) is 4.99 Å². The van der Waals surface area contributed by atoms with Crippen molar-refractivity contribution in [1.29, 1.82) is 0 Å². The van der Waals surface area contributed by atoms with Gasteiger partial charge in [0.15, 0.2) is 0 Å². The Bertz CT molecular complexity index is 234. The molecular weight excluding hydrogens is 267 g/mol. The first-order valence-corrected chi connectivity index (χ1v) is 4.48. The summed E-state index contributed by atoms with van der Waals surface area (Å²) >= 11 is 0. The Morgan fingerprint density at radius 1 is 1.60 bits per heavy atom. The molecule has 1 aliphatic heterocycles. The molecule has 0 aromatic heterocycles. The number of sulfone groups is 1. The van der Waals surface area contributed by atoms with Crippen molar-refractivity contribution in [3.05, 3.63) is 0 Å². The highest BCUT2D eigenvalue weighted by atomic mass is 127. The average Bonchev–Trinajstić information content (AvgIpc) is 2.08. The Morgan fingerprint density at radius 3 is 2.40 bits per heavy atom. The lowest BCUT2D eigenvalue weighted by atomic mass is 10.7. The molecule has 0 saturated carbocycles. The maximum absolute atomic E-state index is 10.6. The number of amidine groups is 1. The minimum absolute atomic E-state index is 0. The van der Waals surface area contributed by atoms with Gasteiger partial charge >= 0.3 is 0 Å². The first kappa shape index (κ1) is 10.2. The summed E-state index contributed by atoms with van der Waals surface area (Å²) in [5.41, 5.74) is 0. The Labute approximate surface area is 77.0 Å². The van der Waals surface area contributed by atoms with Gasteiger partial charge in [0.2, 0.25) is 15.0 Å². The van der Waals surface area contributed by atoms with Gasteiger partial charge in [0, 0.05) is 12.8 Å². The van der Waals surface area contributed by atoms with E-state index < -0.39 is 9.84 Å². The molecule has 0 aliphatic carbocycles. The lowest BCUT2D eigenvalue weighted by Gasteiger charge is -1.94. The lowest BCUT2D eigenvalue weighted by molar-refractivity contribution is 0.611. The van der Waals surface area contributed by atoms with E-state index in [0.717, 1.165) is 6.26 Å². The van der Waals surface area contributed by atoms with Gasteiger partial charge in [0.05, 0.1) is 6.54 Å². The monoisotopic (exact) mass is 276 g/mol. The van der Waals surface area contributed by atoms with Crippen LogP contribution in [-0.2, 0) is 9.84 Å². The second-order valence-corrected chi connectivity index (χ2v) is 3.82. The number of nitrogens with one attached hydrogen (secondary N) is 1. The van der Waals surface area contributed by atoms with Gasteiger partial charge in [-0.15, -0.1) is 24.0 Å². The average molecular weight is 276 g/mol. The molecule has 6 heteroatoms. The Morgan fingerprint density at radius 2 is 2.20 bits per heavy atom. The molecule has 0 unspecified atom stereocenters. The number of hydrogen-bond acceptors (Lipinski definition) is 4. The van der Waals surface area contributed by atoms with E-state index in [9.17, 15) is 8.42 Å². The zero-order valence-corrected chi connectivity index (χ0v) is 8.64. The molecule has 0 spiro atoms. The molecule has 0 aromatic rings. The Kier molecular flexibility index (Phi) is 3.57. The number of halogens is 1. The van der Waals surface area contributed by atoms with Crippen LogP contribution in [0.2, 0.25) is 0 Å². The highest BCUT2D eigenvalue weighted by Crippen LogP contribution is 1.91. The summed E-state index contributed by atoms with van der Waals surface area (Å²) in [6.07, 6.45) is 1.14. The SMILES string of the molecule is CS(=O)(=O)C1=NCCN1.I. The molecular formula is C4H9IN2O2S. The fourth-order valence-electron chi connectivity index (χ4n) is 0.625. The molecule has 4 nitrogen and oxygen atoms in total. The summed E-state index contributed by atoms with van der Waals surface area (Å²) in [5.74, 6) is 0. The van der Waals surface area contributed by atoms with E-state index in [0.29, 0.717) is 13.1 Å². The lowest BCUT2D eigenvalue weighted by Crippen LogP contribution is -2.26. The van der Waals surface area contributed by atoms with Crippen molar-refractivity contribution in [1.82, 2.24) is 5.32 Å². The van der Waals surface area contributed by atoms with Gasteiger partial charge in [-0.1, -0.05) is 0 Å². The van der Waals surface area contributed by atoms with Crippen molar-refractivity contribution >= 4 is 39.0 Å². The standard InChI is InChI=1S/C4H8N2O2S.HI/c1-9(7,8)4-5-2-3-6-4;/h2-3H2,1H3,(H,5,6);1H. The van der Waals surface area contributed by atoms with Crippen molar-refractivity contribution in [3.63, 3.8) is 0 Å². The quantitative estimate of drug-likeness (QED) is 0.613. The molecule has 0 radical (unpaired) electrons. The van der Waals surface area contributed by atoms with Crippen molar-refractivity contribution < 1.29 is 8.42 Å². The number of hydrogen-bond donors (Lipinski definition) is 1. The highest BCUT2D eigenvalue weighted by Gasteiger charge is 2.15. The second kappa shape index (κ2) is 3.51. The third-order valence-corrected chi connectivity index (χ3v) is 1.97. The fraction of sp³-hybridized carbons (Fsp3) is 0.750. The van der Waals surface area contributed by atoms with Crippen LogP contribution in [0, 0.1) is 0 Å². The summed E-state index contributed by atoms with van der Waals surface area (Å²) in [6.45, 7) is 1.21. The predicted molar refractivity (Wildman–Crippen MR) is 50.6 cm³/mol. The zero-order valence-electron chi connectivity index (χ0n) is 5.49. The van der Waals surface area contributed by atoms with Crippen LogP contribution in [-0.4, -0.2) is 32.9 Å². The number of aliphatic imine (C=N–C) groups is 1. The molecule has 0 amide bonds. The third-order valence-electron chi connectivity index (χ3n) is 0.995. The van der Waals surface area contributed by atoms with E-state index in [2.05, 4.69) is 10.3 Å². The summed E-state index contributed by atoms with van der Waals surface area (Å²) < 4.78 is 21.3. The van der Waals surface area contributed by atoms with Crippen LogP contribution in [0.3, 0.4) is 0 Å². The van der Waals surface area contributed by atoms with E-state index in [1.807, 2.05) is 0 Å². The predicted octanol–water partition coefficient (Wildman–Crippen LogP) is -0.392. The summed E-state index contributed by atoms with van der Waals surface area (Å²) in [6, 6.07) is 0. The minimum atomic E-state index is -3.06. The molecule has 0 saturated heterocycles. The highest BCUT2D eigenvalue weighted by molar-refractivity contribution is 14.0. The topological polar surface area (TPSA) is 58.5 Å². The van der Waals surface area contributed by atoms with Crippen LogP contribution < -0.4 is 5.32 Å². The van der Waals surface area contributed by atoms with Crippen LogP contribution in [0.1, 0.15) is 0 Å². The zero-order chi connectivity index (χ0) is 6.91. The second-order valence-electron chi connectivity index (χ2n) is 1.89. The first-order valence-electron chi connectivity index (χ1n) is 2.59. The van der Waals surface area contributed by atoms with E-state index in [-0.39, 0.29) is 29.1 Å². The first-order chi connectivity index (χ1) is 4.11. The Balaban J connectivity index is 0.000000810. The third kappa shape index (κ3) is 2.41. The number of nitrogens with zero attached hydrogens (tertiary/aromatic N) is 1. The van der Waals surface area contributed by atoms with Gasteiger partial charge in [0.25, 0.3) is 0 Å². The van der Waals surface area contributed by atoms with Crippen molar-refractivity contribution in [3.8, 4) is 0 Å². The Hall–Kier alpha value is 0.150. The van der Waals surface area contributed by atoms with E-state index >= 15 is 0 Å². The van der Waals surface area contributed by atoms with Crippen molar-refractivity contribution in [2.75, 3.05) is 19.3 Å². The van der Waals surface area contributed by atoms with Crippen LogP contribution in [0.4, 0.5) is 0 Å². The number of rotatable bonds is 0. The molecule has 1 N–H and O–H groups in total. The molecule has 0 bridgehead atoms. The smallest absolute Gasteiger partial charge is 0.216 e. The van der Waals surface area contributed by atoms with Crippen molar-refractivity contribution in [2.45, 2.75) is 0 Å². The summed E-state index contributed by atoms with van der Waals surface area (Å²) in [5, 5.41) is 2.79. The van der Waals surface area contributed by atoms with Crippen LogP contribution in [0.25, 0.3) is 0 Å². The molecule has 0 atom stereocenters. The molecule has 0 fully saturated rings. The van der Waals surface area contributed by atoms with Crippen LogP contribution >= 0.6 is 24.0 Å². The van der Waals surface area contributed by atoms with Gasteiger partial charge in [0.1, 0.15) is 0 Å². The molecule has 60 valence electrons.